The van der Waals surface area contributed by atoms with Crippen molar-refractivity contribution in [3.8, 4) is 0 Å². The number of benzene rings is 1. The Kier molecular flexibility index (Phi) is 5.72. The smallest absolute Gasteiger partial charge is 0.256 e. The van der Waals surface area contributed by atoms with Crippen LogP contribution in [0.25, 0.3) is 0 Å². The standard InChI is InChI=1S/C17H24N4O/c1-4-20(5-2)13-14-8-7-9-15(12-14)17(22)19-16-10-11-18-21(16)6-3/h7-12H,4-6,13H2,1-3H3,(H,19,22). The highest BCUT2D eigenvalue weighted by molar-refractivity contribution is 6.03. The maximum absolute atomic E-state index is 12.4. The van der Waals surface area contributed by atoms with E-state index < -0.39 is 0 Å². The number of amides is 1. The summed E-state index contributed by atoms with van der Waals surface area (Å²) in [6.45, 7) is 9.88. The predicted molar refractivity (Wildman–Crippen MR) is 88.9 cm³/mol. The Morgan fingerprint density at radius 3 is 2.68 bits per heavy atom. The molecule has 0 saturated carbocycles. The van der Waals surface area contributed by atoms with E-state index in [0.717, 1.165) is 37.6 Å². The normalized spacial score (nSPS) is 10.9. The van der Waals surface area contributed by atoms with Gasteiger partial charge in [0.25, 0.3) is 5.91 Å². The SMILES string of the molecule is CCN(CC)Cc1cccc(C(=O)Nc2ccnn2CC)c1. The van der Waals surface area contributed by atoms with E-state index in [9.17, 15) is 4.79 Å². The molecule has 0 aliphatic heterocycles. The lowest BCUT2D eigenvalue weighted by molar-refractivity contribution is 0.102. The molecule has 1 N–H and O–H groups in total. The molecule has 2 rings (SSSR count). The predicted octanol–water partition coefficient (Wildman–Crippen LogP) is 3.00. The third-order valence-corrected chi connectivity index (χ3v) is 3.75. The molecule has 1 amide bonds. The average molecular weight is 300 g/mol. The Hall–Kier alpha value is -2.14. The highest BCUT2D eigenvalue weighted by Gasteiger charge is 2.10. The molecule has 118 valence electrons. The van der Waals surface area contributed by atoms with Crippen LogP contribution in [0.2, 0.25) is 0 Å². The number of carbonyl (C=O) groups is 1. The molecule has 0 saturated heterocycles. The van der Waals surface area contributed by atoms with E-state index in [1.54, 1.807) is 16.9 Å². The van der Waals surface area contributed by atoms with Crippen molar-refractivity contribution >= 4 is 11.7 Å². The Morgan fingerprint density at radius 1 is 1.23 bits per heavy atom. The molecule has 0 atom stereocenters. The molecule has 0 bridgehead atoms. The van der Waals surface area contributed by atoms with Crippen LogP contribution in [-0.2, 0) is 13.1 Å². The summed E-state index contributed by atoms with van der Waals surface area (Å²) in [5.74, 6) is 0.623. The first-order chi connectivity index (χ1) is 10.7. The van der Waals surface area contributed by atoms with Crippen molar-refractivity contribution in [3.05, 3.63) is 47.7 Å². The number of carbonyl (C=O) groups excluding carboxylic acids is 1. The van der Waals surface area contributed by atoms with Crippen LogP contribution in [0.5, 0.6) is 0 Å². The summed E-state index contributed by atoms with van der Waals surface area (Å²) in [5.41, 5.74) is 1.83. The molecule has 5 heteroatoms. The molecule has 0 fully saturated rings. The molecule has 0 unspecified atom stereocenters. The molecular formula is C17H24N4O. The van der Waals surface area contributed by atoms with Crippen molar-refractivity contribution in [2.75, 3.05) is 18.4 Å². The summed E-state index contributed by atoms with van der Waals surface area (Å²) in [6, 6.07) is 9.60. The van der Waals surface area contributed by atoms with Crippen molar-refractivity contribution in [3.63, 3.8) is 0 Å². The van der Waals surface area contributed by atoms with Gasteiger partial charge in [-0.25, -0.2) is 4.68 Å². The maximum Gasteiger partial charge on any atom is 0.256 e. The number of anilines is 1. The van der Waals surface area contributed by atoms with Crippen LogP contribution < -0.4 is 5.32 Å². The highest BCUT2D eigenvalue weighted by Crippen LogP contribution is 2.12. The lowest BCUT2D eigenvalue weighted by Gasteiger charge is -2.18. The van der Waals surface area contributed by atoms with E-state index in [2.05, 4.69) is 35.2 Å². The molecule has 0 spiro atoms. The summed E-state index contributed by atoms with van der Waals surface area (Å²) < 4.78 is 1.76. The fraction of sp³-hybridized carbons (Fsp3) is 0.412. The van der Waals surface area contributed by atoms with Gasteiger partial charge >= 0.3 is 0 Å². The zero-order valence-corrected chi connectivity index (χ0v) is 13.5. The third-order valence-electron chi connectivity index (χ3n) is 3.75. The van der Waals surface area contributed by atoms with Crippen LogP contribution in [0.1, 0.15) is 36.7 Å². The topological polar surface area (TPSA) is 50.2 Å². The number of aryl methyl sites for hydroxylation is 1. The van der Waals surface area contributed by atoms with E-state index in [4.69, 9.17) is 0 Å². The van der Waals surface area contributed by atoms with Crippen molar-refractivity contribution in [2.45, 2.75) is 33.9 Å². The van der Waals surface area contributed by atoms with Crippen LogP contribution in [0.4, 0.5) is 5.82 Å². The fourth-order valence-corrected chi connectivity index (χ4v) is 2.40. The molecule has 5 nitrogen and oxygen atoms in total. The number of nitrogens with zero attached hydrogens (tertiary/aromatic N) is 3. The number of hydrogen-bond donors (Lipinski definition) is 1. The Bertz CT molecular complexity index is 617. The lowest BCUT2D eigenvalue weighted by atomic mass is 10.1. The quantitative estimate of drug-likeness (QED) is 0.855. The first-order valence-electron chi connectivity index (χ1n) is 7.82. The maximum atomic E-state index is 12.4. The molecule has 1 aromatic heterocycles. The highest BCUT2D eigenvalue weighted by atomic mass is 16.1. The van der Waals surface area contributed by atoms with Gasteiger partial charge in [-0.3, -0.25) is 9.69 Å². The summed E-state index contributed by atoms with van der Waals surface area (Å²) in [7, 11) is 0. The fourth-order valence-electron chi connectivity index (χ4n) is 2.40. The summed E-state index contributed by atoms with van der Waals surface area (Å²) in [4.78, 5) is 14.7. The van der Waals surface area contributed by atoms with Crippen LogP contribution in [0, 0.1) is 0 Å². The van der Waals surface area contributed by atoms with E-state index >= 15 is 0 Å². The Labute approximate surface area is 131 Å². The number of aromatic nitrogens is 2. The van der Waals surface area contributed by atoms with E-state index in [1.165, 1.54) is 0 Å². The van der Waals surface area contributed by atoms with Gasteiger partial charge in [-0.15, -0.1) is 0 Å². The zero-order chi connectivity index (χ0) is 15.9. The van der Waals surface area contributed by atoms with Gasteiger partial charge in [0, 0.05) is 24.7 Å². The van der Waals surface area contributed by atoms with Crippen LogP contribution in [-0.4, -0.2) is 33.7 Å². The van der Waals surface area contributed by atoms with E-state index in [1.807, 2.05) is 25.1 Å². The molecule has 1 aromatic carbocycles. The average Bonchev–Trinajstić information content (AvgIpc) is 3.00. The minimum absolute atomic E-state index is 0.100. The lowest BCUT2D eigenvalue weighted by Crippen LogP contribution is -2.22. The van der Waals surface area contributed by atoms with Gasteiger partial charge in [0.15, 0.2) is 0 Å². The van der Waals surface area contributed by atoms with Crippen LogP contribution >= 0.6 is 0 Å². The van der Waals surface area contributed by atoms with E-state index in [-0.39, 0.29) is 5.91 Å². The van der Waals surface area contributed by atoms with Gasteiger partial charge in [0.05, 0.1) is 6.20 Å². The molecular weight excluding hydrogens is 276 g/mol. The van der Waals surface area contributed by atoms with Gasteiger partial charge in [-0.05, 0) is 37.7 Å². The molecule has 22 heavy (non-hydrogen) atoms. The minimum atomic E-state index is -0.100. The zero-order valence-electron chi connectivity index (χ0n) is 13.5. The monoisotopic (exact) mass is 300 g/mol. The Balaban J connectivity index is 2.10. The van der Waals surface area contributed by atoms with Crippen LogP contribution in [0.3, 0.4) is 0 Å². The second kappa shape index (κ2) is 7.75. The molecule has 2 aromatic rings. The number of rotatable bonds is 7. The number of hydrogen-bond acceptors (Lipinski definition) is 3. The van der Waals surface area contributed by atoms with Crippen LogP contribution in [0.15, 0.2) is 36.5 Å². The molecule has 0 radical (unpaired) electrons. The third kappa shape index (κ3) is 3.95. The largest absolute Gasteiger partial charge is 0.307 e. The van der Waals surface area contributed by atoms with Crippen molar-refractivity contribution < 1.29 is 4.79 Å². The van der Waals surface area contributed by atoms with Gasteiger partial charge in [0.2, 0.25) is 0 Å². The van der Waals surface area contributed by atoms with Gasteiger partial charge < -0.3 is 5.32 Å². The summed E-state index contributed by atoms with van der Waals surface area (Å²) in [6.07, 6.45) is 1.69. The molecule has 0 aliphatic carbocycles. The first kappa shape index (κ1) is 16.2. The molecule has 1 heterocycles. The van der Waals surface area contributed by atoms with E-state index in [0.29, 0.717) is 5.56 Å². The summed E-state index contributed by atoms with van der Waals surface area (Å²) >= 11 is 0. The van der Waals surface area contributed by atoms with Gasteiger partial charge in [-0.2, -0.15) is 5.10 Å². The van der Waals surface area contributed by atoms with Crippen molar-refractivity contribution in [1.29, 1.82) is 0 Å². The minimum Gasteiger partial charge on any atom is -0.307 e. The van der Waals surface area contributed by atoms with Crippen molar-refractivity contribution in [1.82, 2.24) is 14.7 Å². The van der Waals surface area contributed by atoms with Gasteiger partial charge in [0.1, 0.15) is 5.82 Å². The molecule has 0 aliphatic rings. The van der Waals surface area contributed by atoms with Gasteiger partial charge in [-0.1, -0.05) is 26.0 Å². The number of nitrogens with one attached hydrogen (secondary N) is 1. The second-order valence-corrected chi connectivity index (χ2v) is 5.15. The second-order valence-electron chi connectivity index (χ2n) is 5.15. The first-order valence-corrected chi connectivity index (χ1v) is 7.82. The summed E-state index contributed by atoms with van der Waals surface area (Å²) in [5, 5.41) is 7.07. The Morgan fingerprint density at radius 2 is 2.00 bits per heavy atom. The van der Waals surface area contributed by atoms with Crippen molar-refractivity contribution in [2.24, 2.45) is 0 Å².